The van der Waals surface area contributed by atoms with Crippen molar-refractivity contribution in [3.05, 3.63) is 23.0 Å². The van der Waals surface area contributed by atoms with Crippen LogP contribution in [-0.4, -0.2) is 49.0 Å². The molecule has 0 aliphatic carbocycles. The van der Waals surface area contributed by atoms with E-state index >= 15 is 0 Å². The van der Waals surface area contributed by atoms with Gasteiger partial charge in [0.1, 0.15) is 5.69 Å². The highest BCUT2D eigenvalue weighted by molar-refractivity contribution is 7.89. The molecule has 1 aliphatic rings. The molecule has 0 spiro atoms. The molecule has 0 saturated carbocycles. The first-order chi connectivity index (χ1) is 8.49. The maximum absolute atomic E-state index is 11.6. The number of H-pyrrole nitrogens is 1. The zero-order valence-electron chi connectivity index (χ0n) is 9.65. The molecule has 1 fully saturated rings. The summed E-state index contributed by atoms with van der Waals surface area (Å²) in [6.45, 7) is 1.13. The highest BCUT2D eigenvalue weighted by Gasteiger charge is 2.27. The molecule has 2 N–H and O–H groups in total. The topological polar surface area (TPSA) is 82.3 Å². The van der Waals surface area contributed by atoms with E-state index in [1.54, 1.807) is 0 Å². The van der Waals surface area contributed by atoms with Gasteiger partial charge in [-0.3, -0.25) is 4.79 Å². The fourth-order valence-corrected chi connectivity index (χ4v) is 3.52. The molecule has 0 atom stereocenters. The van der Waals surface area contributed by atoms with Crippen LogP contribution in [0, 0.1) is 0 Å². The molecular formula is C10H14ClN3O3S. The number of nitrogens with one attached hydrogen (secondary N) is 2. The van der Waals surface area contributed by atoms with E-state index in [1.807, 2.05) is 0 Å². The van der Waals surface area contributed by atoms with Gasteiger partial charge in [-0.1, -0.05) is 11.6 Å². The molecule has 100 valence electrons. The largest absolute Gasteiger partial charge is 0.356 e. The Bertz CT molecular complexity index is 540. The Morgan fingerprint density at radius 1 is 1.56 bits per heavy atom. The van der Waals surface area contributed by atoms with Gasteiger partial charge in [0.05, 0.1) is 10.8 Å². The Morgan fingerprint density at radius 3 is 2.89 bits per heavy atom. The van der Waals surface area contributed by atoms with E-state index < -0.39 is 10.0 Å². The average Bonchev–Trinajstić information content (AvgIpc) is 2.85. The van der Waals surface area contributed by atoms with Crippen LogP contribution in [0.2, 0.25) is 5.02 Å². The van der Waals surface area contributed by atoms with E-state index in [1.165, 1.54) is 16.6 Å². The molecule has 1 saturated heterocycles. The number of halogens is 1. The number of aromatic nitrogens is 1. The lowest BCUT2D eigenvalue weighted by Gasteiger charge is -2.14. The van der Waals surface area contributed by atoms with E-state index in [4.69, 9.17) is 11.6 Å². The third kappa shape index (κ3) is 3.04. The van der Waals surface area contributed by atoms with Gasteiger partial charge in [-0.25, -0.2) is 12.7 Å². The quantitative estimate of drug-likeness (QED) is 0.844. The Kier molecular flexibility index (Phi) is 3.94. The molecule has 18 heavy (non-hydrogen) atoms. The van der Waals surface area contributed by atoms with Crippen LogP contribution in [0.3, 0.4) is 0 Å². The number of sulfonamides is 1. The van der Waals surface area contributed by atoms with Crippen LogP contribution in [0.15, 0.2) is 12.3 Å². The van der Waals surface area contributed by atoms with Crippen LogP contribution < -0.4 is 5.32 Å². The normalized spacial score (nSPS) is 18.9. The summed E-state index contributed by atoms with van der Waals surface area (Å²) in [6, 6.07) is 1.52. The van der Waals surface area contributed by atoms with Crippen molar-refractivity contribution in [1.82, 2.24) is 14.6 Å². The van der Waals surface area contributed by atoms with Crippen LogP contribution in [0.1, 0.15) is 16.9 Å². The third-order valence-corrected chi connectivity index (χ3v) is 4.92. The van der Waals surface area contributed by atoms with Crippen LogP contribution in [-0.2, 0) is 10.0 Å². The second-order valence-corrected chi connectivity index (χ2v) is 6.58. The van der Waals surface area contributed by atoms with E-state index in [2.05, 4.69) is 10.3 Å². The highest BCUT2D eigenvalue weighted by Crippen LogP contribution is 2.12. The summed E-state index contributed by atoms with van der Waals surface area (Å²) < 4.78 is 24.4. The number of rotatable bonds is 4. The number of carbonyl (C=O) groups excluding carboxylic acids is 1. The van der Waals surface area contributed by atoms with Crippen molar-refractivity contribution < 1.29 is 13.2 Å². The SMILES string of the molecule is O=C(NCCN1CCCS1(=O)=O)c1cc(Cl)c[nH]1. The zero-order valence-corrected chi connectivity index (χ0v) is 11.2. The van der Waals surface area contributed by atoms with Gasteiger partial charge in [-0.2, -0.15) is 0 Å². The maximum Gasteiger partial charge on any atom is 0.267 e. The first kappa shape index (κ1) is 13.4. The van der Waals surface area contributed by atoms with Crippen LogP contribution >= 0.6 is 11.6 Å². The molecule has 0 unspecified atom stereocenters. The second-order valence-electron chi connectivity index (χ2n) is 4.06. The standard InChI is InChI=1S/C10H14ClN3O3S/c11-8-6-9(13-7-8)10(15)12-2-4-14-3-1-5-18(14,16)17/h6-7,13H,1-5H2,(H,12,15). The monoisotopic (exact) mass is 291 g/mol. The lowest BCUT2D eigenvalue weighted by molar-refractivity contribution is 0.0947. The Balaban J connectivity index is 1.81. The summed E-state index contributed by atoms with van der Waals surface area (Å²) in [5.41, 5.74) is 0.365. The minimum absolute atomic E-state index is 0.202. The number of carbonyl (C=O) groups is 1. The van der Waals surface area contributed by atoms with Crippen LogP contribution in [0.4, 0.5) is 0 Å². The molecule has 2 rings (SSSR count). The summed E-state index contributed by atoms with van der Waals surface area (Å²) in [7, 11) is -3.09. The molecule has 2 heterocycles. The van der Waals surface area contributed by atoms with Crippen molar-refractivity contribution in [1.29, 1.82) is 0 Å². The highest BCUT2D eigenvalue weighted by atomic mass is 35.5. The van der Waals surface area contributed by atoms with Gasteiger partial charge in [-0.05, 0) is 12.5 Å². The van der Waals surface area contributed by atoms with Gasteiger partial charge in [0, 0.05) is 25.8 Å². The van der Waals surface area contributed by atoms with Gasteiger partial charge in [0.15, 0.2) is 0 Å². The van der Waals surface area contributed by atoms with Crippen LogP contribution in [0.5, 0.6) is 0 Å². The van der Waals surface area contributed by atoms with Crippen molar-refractivity contribution in [3.8, 4) is 0 Å². The molecule has 0 bridgehead atoms. The van der Waals surface area contributed by atoms with Crippen LogP contribution in [0.25, 0.3) is 0 Å². The molecule has 1 aliphatic heterocycles. The molecule has 6 nitrogen and oxygen atoms in total. The first-order valence-electron chi connectivity index (χ1n) is 5.59. The van der Waals surface area contributed by atoms with Gasteiger partial charge >= 0.3 is 0 Å². The molecule has 1 aromatic heterocycles. The molecule has 0 aromatic carbocycles. The van der Waals surface area contributed by atoms with Gasteiger partial charge in [-0.15, -0.1) is 0 Å². The fraction of sp³-hybridized carbons (Fsp3) is 0.500. The molecular weight excluding hydrogens is 278 g/mol. The Hall–Kier alpha value is -1.05. The molecule has 8 heteroatoms. The zero-order chi connectivity index (χ0) is 13.2. The van der Waals surface area contributed by atoms with Gasteiger partial charge in [0.25, 0.3) is 5.91 Å². The lowest BCUT2D eigenvalue weighted by Crippen LogP contribution is -2.35. The minimum atomic E-state index is -3.09. The first-order valence-corrected chi connectivity index (χ1v) is 7.58. The number of aromatic amines is 1. The lowest BCUT2D eigenvalue weighted by atomic mass is 10.4. The number of hydrogen-bond donors (Lipinski definition) is 2. The van der Waals surface area contributed by atoms with E-state index in [9.17, 15) is 13.2 Å². The fourth-order valence-electron chi connectivity index (χ4n) is 1.83. The second kappa shape index (κ2) is 5.29. The predicted molar refractivity (Wildman–Crippen MR) is 68.1 cm³/mol. The van der Waals surface area contributed by atoms with Crippen molar-refractivity contribution in [2.24, 2.45) is 0 Å². The van der Waals surface area contributed by atoms with E-state index in [0.29, 0.717) is 30.2 Å². The summed E-state index contributed by atoms with van der Waals surface area (Å²) >= 11 is 5.68. The van der Waals surface area contributed by atoms with Crippen molar-refractivity contribution in [2.75, 3.05) is 25.4 Å². The minimum Gasteiger partial charge on any atom is -0.356 e. The van der Waals surface area contributed by atoms with Gasteiger partial charge in [0.2, 0.25) is 10.0 Å². The summed E-state index contributed by atoms with van der Waals surface area (Å²) in [5.74, 6) is -0.0915. The third-order valence-electron chi connectivity index (χ3n) is 2.74. The van der Waals surface area contributed by atoms with Crippen molar-refractivity contribution in [2.45, 2.75) is 6.42 Å². The number of nitrogens with zero attached hydrogens (tertiary/aromatic N) is 1. The molecule has 1 aromatic rings. The van der Waals surface area contributed by atoms with Crippen molar-refractivity contribution >= 4 is 27.5 Å². The smallest absolute Gasteiger partial charge is 0.267 e. The van der Waals surface area contributed by atoms with Gasteiger partial charge < -0.3 is 10.3 Å². The van der Waals surface area contributed by atoms with E-state index in [0.717, 1.165) is 0 Å². The Labute approximate surface area is 110 Å². The predicted octanol–water partition coefficient (Wildman–Crippen LogP) is 0.433. The Morgan fingerprint density at radius 2 is 2.33 bits per heavy atom. The average molecular weight is 292 g/mol. The molecule has 0 radical (unpaired) electrons. The summed E-state index contributed by atoms with van der Waals surface area (Å²) in [5, 5.41) is 3.10. The number of hydrogen-bond acceptors (Lipinski definition) is 3. The summed E-state index contributed by atoms with van der Waals surface area (Å²) in [6.07, 6.45) is 2.17. The van der Waals surface area contributed by atoms with E-state index in [-0.39, 0.29) is 18.2 Å². The molecule has 1 amide bonds. The summed E-state index contributed by atoms with van der Waals surface area (Å²) in [4.78, 5) is 14.3. The van der Waals surface area contributed by atoms with Crippen molar-refractivity contribution in [3.63, 3.8) is 0 Å². The maximum atomic E-state index is 11.6. The number of amides is 1.